The van der Waals surface area contributed by atoms with Crippen LogP contribution in [0.3, 0.4) is 0 Å². The van der Waals surface area contributed by atoms with Gasteiger partial charge in [0.05, 0.1) is 12.8 Å². The van der Waals surface area contributed by atoms with Gasteiger partial charge in [-0.1, -0.05) is 29.8 Å². The Bertz CT molecular complexity index is 1250. The van der Waals surface area contributed by atoms with Gasteiger partial charge in [-0.15, -0.1) is 0 Å². The lowest BCUT2D eigenvalue weighted by Gasteiger charge is -2.66. The molecule has 4 aliphatic rings. The first-order valence-electron chi connectivity index (χ1n) is 11.6. The number of ether oxygens (including phenoxy) is 3. The molecule has 1 aromatic heterocycles. The number of aromatic nitrogens is 1. The number of piperidine rings is 3. The summed E-state index contributed by atoms with van der Waals surface area (Å²) in [7, 11) is 3.37. The van der Waals surface area contributed by atoms with E-state index in [0.29, 0.717) is 19.4 Å². The molecule has 0 radical (unpaired) electrons. The van der Waals surface area contributed by atoms with Gasteiger partial charge in [-0.25, -0.2) is 0 Å². The number of hydrogen-bond donors (Lipinski definition) is 0. The number of hydrogen-bond acceptors (Lipinski definition) is 7. The molecule has 6 rings (SSSR count). The van der Waals surface area contributed by atoms with Gasteiger partial charge in [-0.05, 0) is 25.0 Å². The van der Waals surface area contributed by atoms with Crippen LogP contribution in [-0.2, 0) is 47.8 Å². The van der Waals surface area contributed by atoms with E-state index >= 15 is 0 Å². The molecule has 8 heteroatoms. The van der Waals surface area contributed by atoms with Crippen molar-refractivity contribution in [1.82, 2.24) is 9.47 Å². The van der Waals surface area contributed by atoms with E-state index in [1.807, 2.05) is 32.2 Å². The minimum atomic E-state index is -1.11. The average molecular weight is 467 g/mol. The average Bonchev–Trinajstić information content (AvgIpc) is 3.10. The minimum absolute atomic E-state index is 0.0889. The molecule has 3 saturated heterocycles. The summed E-state index contributed by atoms with van der Waals surface area (Å²) in [5, 5.41) is 1.07. The van der Waals surface area contributed by atoms with Crippen LogP contribution in [0.5, 0.6) is 0 Å². The third kappa shape index (κ3) is 2.78. The van der Waals surface area contributed by atoms with Crippen LogP contribution in [0.1, 0.15) is 38.4 Å². The number of esters is 3. The highest BCUT2D eigenvalue weighted by Crippen LogP contribution is 2.63. The zero-order chi connectivity index (χ0) is 24.4. The summed E-state index contributed by atoms with van der Waals surface area (Å²) in [4.78, 5) is 40.1. The number of carbonyl (C=O) groups is 3. The monoisotopic (exact) mass is 466 g/mol. The summed E-state index contributed by atoms with van der Waals surface area (Å²) in [5.41, 5.74) is 1.96. The van der Waals surface area contributed by atoms with Crippen molar-refractivity contribution in [2.24, 2.45) is 18.4 Å². The smallest absolute Gasteiger partial charge is 0.317 e. The lowest BCUT2D eigenvalue weighted by molar-refractivity contribution is -0.264. The summed E-state index contributed by atoms with van der Waals surface area (Å²) in [6.45, 7) is 5.18. The number of methoxy groups -OCH3 is 1. The molecule has 0 amide bonds. The lowest BCUT2D eigenvalue weighted by atomic mass is 9.54. The van der Waals surface area contributed by atoms with E-state index in [-0.39, 0.29) is 24.5 Å². The largest absolute Gasteiger partial charge is 0.468 e. The van der Waals surface area contributed by atoms with Crippen molar-refractivity contribution in [2.45, 2.75) is 45.4 Å². The van der Waals surface area contributed by atoms with Gasteiger partial charge in [0.15, 0.2) is 0 Å². The fourth-order valence-corrected chi connectivity index (χ4v) is 6.86. The lowest BCUT2D eigenvalue weighted by Crippen LogP contribution is -2.76. The molecule has 1 aromatic carbocycles. The molecule has 0 spiro atoms. The van der Waals surface area contributed by atoms with Gasteiger partial charge in [0, 0.05) is 56.7 Å². The van der Waals surface area contributed by atoms with Crippen molar-refractivity contribution in [3.8, 4) is 0 Å². The van der Waals surface area contributed by atoms with Gasteiger partial charge in [0.25, 0.3) is 0 Å². The predicted molar refractivity (Wildman–Crippen MR) is 124 cm³/mol. The second-order valence-electron chi connectivity index (χ2n) is 9.56. The van der Waals surface area contributed by atoms with Gasteiger partial charge in [0.1, 0.15) is 12.0 Å². The maximum atomic E-state index is 13.6. The molecule has 4 bridgehead atoms. The quantitative estimate of drug-likeness (QED) is 0.389. The Hall–Kier alpha value is -3.13. The molecule has 0 N–H and O–H groups in total. The maximum absolute atomic E-state index is 13.6. The summed E-state index contributed by atoms with van der Waals surface area (Å²) in [6.07, 6.45) is 2.93. The Morgan fingerprint density at radius 3 is 2.56 bits per heavy atom. The second-order valence-corrected chi connectivity index (χ2v) is 9.56. The van der Waals surface area contributed by atoms with Crippen LogP contribution < -0.4 is 0 Å². The van der Waals surface area contributed by atoms with Crippen molar-refractivity contribution in [1.29, 1.82) is 0 Å². The molecule has 4 aliphatic heterocycles. The van der Waals surface area contributed by atoms with E-state index in [0.717, 1.165) is 27.7 Å². The minimum Gasteiger partial charge on any atom is -0.468 e. The van der Waals surface area contributed by atoms with Crippen molar-refractivity contribution < 1.29 is 28.6 Å². The molecule has 2 unspecified atom stereocenters. The number of allylic oxidation sites excluding steroid dienone is 1. The molecular formula is C26H30N2O6. The fourth-order valence-electron chi connectivity index (χ4n) is 6.86. The van der Waals surface area contributed by atoms with Crippen molar-refractivity contribution in [3.05, 3.63) is 47.2 Å². The van der Waals surface area contributed by atoms with E-state index in [1.54, 1.807) is 0 Å². The number of fused-ring (bicyclic) bond motifs is 4. The van der Waals surface area contributed by atoms with E-state index in [1.165, 1.54) is 21.0 Å². The van der Waals surface area contributed by atoms with Crippen molar-refractivity contribution in [2.75, 3.05) is 20.3 Å². The van der Waals surface area contributed by atoms with Crippen molar-refractivity contribution in [3.63, 3.8) is 0 Å². The third-order valence-electron chi connectivity index (χ3n) is 8.08. The summed E-state index contributed by atoms with van der Waals surface area (Å²) < 4.78 is 19.2. The van der Waals surface area contributed by atoms with Gasteiger partial charge in [-0.3, -0.25) is 19.3 Å². The van der Waals surface area contributed by atoms with E-state index in [9.17, 15) is 14.4 Å². The van der Waals surface area contributed by atoms with Crippen molar-refractivity contribution >= 4 is 28.8 Å². The highest BCUT2D eigenvalue weighted by atomic mass is 16.6. The summed E-state index contributed by atoms with van der Waals surface area (Å²) in [6, 6.07) is 7.72. The first-order chi connectivity index (χ1) is 16.2. The molecular weight excluding hydrogens is 436 g/mol. The van der Waals surface area contributed by atoms with E-state index < -0.39 is 23.1 Å². The zero-order valence-corrected chi connectivity index (χ0v) is 20.2. The molecule has 8 nitrogen and oxygen atoms in total. The zero-order valence-electron chi connectivity index (χ0n) is 20.2. The van der Waals surface area contributed by atoms with Crippen LogP contribution in [-0.4, -0.2) is 53.7 Å². The SMILES string of the molecule is C/C=C1/CN2[C@H]3Cc4c(n(C)c5ccccc45)[C@]2(OC(C)=O)C[C@@H]1C3(COC(C)=O)C(=O)OC. The Morgan fingerprint density at radius 2 is 1.91 bits per heavy atom. The highest BCUT2D eigenvalue weighted by molar-refractivity contribution is 5.88. The molecule has 3 fully saturated rings. The van der Waals surface area contributed by atoms with Crippen LogP contribution in [0, 0.1) is 11.3 Å². The topological polar surface area (TPSA) is 87.1 Å². The second kappa shape index (κ2) is 7.70. The Labute approximate surface area is 198 Å². The van der Waals surface area contributed by atoms with Crippen LogP contribution in [0.4, 0.5) is 0 Å². The van der Waals surface area contributed by atoms with Gasteiger partial charge < -0.3 is 18.8 Å². The van der Waals surface area contributed by atoms with E-state index in [2.05, 4.69) is 21.6 Å². The third-order valence-corrected chi connectivity index (χ3v) is 8.08. The summed E-state index contributed by atoms with van der Waals surface area (Å²) in [5.74, 6) is -1.55. The number of benzene rings is 1. The molecule has 34 heavy (non-hydrogen) atoms. The highest BCUT2D eigenvalue weighted by Gasteiger charge is 2.72. The molecule has 5 heterocycles. The molecule has 0 aliphatic carbocycles. The number of para-hydroxylation sites is 1. The normalized spacial score (nSPS) is 32.4. The van der Waals surface area contributed by atoms with Gasteiger partial charge >= 0.3 is 17.9 Å². The van der Waals surface area contributed by atoms with Gasteiger partial charge in [0.2, 0.25) is 5.72 Å². The molecule has 2 aromatic rings. The fraction of sp³-hybridized carbons (Fsp3) is 0.500. The number of nitrogens with zero attached hydrogens (tertiary/aromatic N) is 2. The van der Waals surface area contributed by atoms with Crippen LogP contribution in [0.2, 0.25) is 0 Å². The standard InChI is InChI=1S/C26H30N2O6/c1-6-17-13-28-22-11-19-18-9-7-8-10-21(18)27(4)23(19)26(28,34-16(3)30)12-20(17)25(22,24(31)32-5)14-33-15(2)29/h6-10,20,22H,11-14H2,1-5H3/b17-6-/t20-,22-,25?,26+/m0/s1. The Morgan fingerprint density at radius 1 is 1.18 bits per heavy atom. The summed E-state index contributed by atoms with van der Waals surface area (Å²) >= 11 is 0. The number of carbonyl (C=O) groups excluding carboxylic acids is 3. The van der Waals surface area contributed by atoms with Crippen LogP contribution in [0.15, 0.2) is 35.9 Å². The van der Waals surface area contributed by atoms with Crippen LogP contribution in [0.25, 0.3) is 10.9 Å². The first-order valence-corrected chi connectivity index (χ1v) is 11.6. The molecule has 180 valence electrons. The number of aryl methyl sites for hydroxylation is 1. The van der Waals surface area contributed by atoms with Crippen LogP contribution >= 0.6 is 0 Å². The van der Waals surface area contributed by atoms with E-state index in [4.69, 9.17) is 14.2 Å². The predicted octanol–water partition coefficient (Wildman–Crippen LogP) is 2.82. The first kappa shape index (κ1) is 22.7. The maximum Gasteiger partial charge on any atom is 0.317 e. The Kier molecular flexibility index (Phi) is 5.13. The molecule has 0 saturated carbocycles. The number of rotatable bonds is 4. The molecule has 5 atom stereocenters. The Balaban J connectivity index is 1.82. The van der Waals surface area contributed by atoms with Gasteiger partial charge in [-0.2, -0.15) is 0 Å².